The highest BCUT2D eigenvalue weighted by molar-refractivity contribution is 7.81. The number of thiol groups is 1. The van der Waals surface area contributed by atoms with Crippen molar-refractivity contribution in [2.24, 2.45) is 11.7 Å². The lowest BCUT2D eigenvalue weighted by Crippen LogP contribution is -2.46. The molecule has 1 unspecified atom stereocenters. The zero-order valence-electron chi connectivity index (χ0n) is 15.5. The van der Waals surface area contributed by atoms with Gasteiger partial charge in [-0.25, -0.2) is 0 Å². The van der Waals surface area contributed by atoms with Gasteiger partial charge in [0.2, 0.25) is 5.91 Å². The second-order valence-corrected chi connectivity index (χ2v) is 8.33. The van der Waals surface area contributed by atoms with Crippen LogP contribution in [0.5, 0.6) is 0 Å². The molecule has 4 atom stereocenters. The third-order valence-corrected chi connectivity index (χ3v) is 5.28. The van der Waals surface area contributed by atoms with Crippen LogP contribution in [0, 0.1) is 5.92 Å². The van der Waals surface area contributed by atoms with Crippen molar-refractivity contribution in [3.05, 3.63) is 36.6 Å². The normalized spacial score (nSPS) is 30.3. The number of nitrogens with one attached hydrogen (secondary N) is 1. The second-order valence-electron chi connectivity index (χ2n) is 7.50. The highest BCUT2D eigenvalue weighted by Crippen LogP contribution is 2.39. The summed E-state index contributed by atoms with van der Waals surface area (Å²) in [5, 5.41) is 3.11. The Morgan fingerprint density at radius 2 is 2.24 bits per heavy atom. The Balaban J connectivity index is 2.17. The predicted octanol–water partition coefficient (Wildman–Crippen LogP) is 2.22. The highest BCUT2D eigenvalue weighted by Gasteiger charge is 2.52. The first-order valence-electron chi connectivity index (χ1n) is 8.85. The molecule has 0 aromatic rings. The summed E-state index contributed by atoms with van der Waals surface area (Å²) in [4.78, 5) is 13.9. The minimum atomic E-state index is -0.699. The van der Waals surface area contributed by atoms with Crippen molar-refractivity contribution in [3.8, 4) is 0 Å². The van der Waals surface area contributed by atoms with E-state index in [0.29, 0.717) is 24.6 Å². The van der Waals surface area contributed by atoms with Crippen molar-refractivity contribution >= 4 is 18.5 Å². The number of hydrogen-bond acceptors (Lipinski definition) is 5. The lowest BCUT2D eigenvalue weighted by atomic mass is 9.99. The molecule has 2 aliphatic rings. The van der Waals surface area contributed by atoms with Crippen LogP contribution in [0.1, 0.15) is 33.6 Å². The molecule has 0 aliphatic carbocycles. The first-order chi connectivity index (χ1) is 11.7. The van der Waals surface area contributed by atoms with Crippen LogP contribution in [0.2, 0.25) is 0 Å². The molecule has 0 aromatic heterocycles. The van der Waals surface area contributed by atoms with Crippen molar-refractivity contribution in [1.82, 2.24) is 10.2 Å². The number of fused-ring (bicyclic) bond motifs is 1. The fourth-order valence-electron chi connectivity index (χ4n) is 3.64. The maximum Gasteiger partial charge on any atom is 0.247 e. The van der Waals surface area contributed by atoms with Gasteiger partial charge in [0.05, 0.1) is 12.1 Å². The summed E-state index contributed by atoms with van der Waals surface area (Å²) >= 11 is 4.61. The Morgan fingerprint density at radius 3 is 2.84 bits per heavy atom. The average molecular weight is 366 g/mol. The summed E-state index contributed by atoms with van der Waals surface area (Å²) in [6.07, 6.45) is 4.93. The number of rotatable bonds is 7. The van der Waals surface area contributed by atoms with Gasteiger partial charge < -0.3 is 20.7 Å². The largest absolute Gasteiger partial charge is 0.373 e. The number of ether oxygens (including phenoxy) is 1. The molecule has 0 aromatic carbocycles. The summed E-state index contributed by atoms with van der Waals surface area (Å²) in [6, 6.07) is 0.0236. The number of nitrogens with two attached hydrogens (primary N) is 1. The zero-order valence-corrected chi connectivity index (χ0v) is 16.4. The fourth-order valence-corrected chi connectivity index (χ4v) is 4.04. The molecule has 0 saturated carbocycles. The Bertz CT molecular complexity index is 571. The average Bonchev–Trinajstić information content (AvgIpc) is 3.09. The van der Waals surface area contributed by atoms with E-state index in [4.69, 9.17) is 10.5 Å². The standard InChI is InChI=1S/C19H31N3O2S/c1-6-7-13(4)18(23)21-15(10-12(2)3)14(5)22-11-19(20,25)17-16(22)8-9-24-17/h6-7,12,15-17,25H,1,5,8-11,20H2,2-4H3,(H,21,23)/b13-7+/t15-,16+,17-,19?/m0/s1. The number of allylic oxidation sites excluding steroid dienone is 2. The minimum Gasteiger partial charge on any atom is -0.373 e. The molecule has 6 heteroatoms. The van der Waals surface area contributed by atoms with E-state index in [2.05, 4.69) is 49.9 Å². The fraction of sp³-hybridized carbons (Fsp3) is 0.632. The first kappa shape index (κ1) is 20.1. The van der Waals surface area contributed by atoms with Crippen molar-refractivity contribution in [2.45, 2.75) is 56.7 Å². The molecule has 2 aliphatic heterocycles. The lowest BCUT2D eigenvalue weighted by molar-refractivity contribution is -0.118. The summed E-state index contributed by atoms with van der Waals surface area (Å²) in [5.41, 5.74) is 7.84. The number of likely N-dealkylation sites (tertiary alicyclic amines) is 1. The lowest BCUT2D eigenvalue weighted by Gasteiger charge is -2.33. The maximum absolute atomic E-state index is 12.4. The van der Waals surface area contributed by atoms with Gasteiger partial charge >= 0.3 is 0 Å². The van der Waals surface area contributed by atoms with Gasteiger partial charge in [0.15, 0.2) is 0 Å². The van der Waals surface area contributed by atoms with Crippen molar-refractivity contribution in [1.29, 1.82) is 0 Å². The topological polar surface area (TPSA) is 67.6 Å². The molecule has 25 heavy (non-hydrogen) atoms. The van der Waals surface area contributed by atoms with Crippen LogP contribution in [0.15, 0.2) is 36.6 Å². The first-order valence-corrected chi connectivity index (χ1v) is 9.30. The molecule has 2 fully saturated rings. The SMILES string of the molecule is C=C/C=C(\C)C(=O)N[C@@H](CC(C)C)C(=C)N1CC(N)(S)[C@H]2OCC[C@H]21. The number of amides is 1. The van der Waals surface area contributed by atoms with Gasteiger partial charge in [-0.05, 0) is 25.7 Å². The molecule has 2 rings (SSSR count). The van der Waals surface area contributed by atoms with Gasteiger partial charge in [-0.15, -0.1) is 0 Å². The monoisotopic (exact) mass is 365 g/mol. The summed E-state index contributed by atoms with van der Waals surface area (Å²) in [7, 11) is 0. The van der Waals surface area contributed by atoms with Crippen LogP contribution in [0.4, 0.5) is 0 Å². The quantitative estimate of drug-likeness (QED) is 0.280. The van der Waals surface area contributed by atoms with Crippen molar-refractivity contribution in [2.75, 3.05) is 13.2 Å². The van der Waals surface area contributed by atoms with E-state index in [9.17, 15) is 4.79 Å². The smallest absolute Gasteiger partial charge is 0.247 e. The number of carbonyl (C=O) groups excluding carboxylic acids is 1. The second kappa shape index (κ2) is 7.98. The van der Waals surface area contributed by atoms with E-state index in [1.807, 2.05) is 0 Å². The molecular weight excluding hydrogens is 334 g/mol. The molecule has 5 nitrogen and oxygen atoms in total. The molecule has 2 heterocycles. The summed E-state index contributed by atoms with van der Waals surface area (Å²) < 4.78 is 5.79. The molecule has 2 saturated heterocycles. The van der Waals surface area contributed by atoms with E-state index in [1.165, 1.54) is 0 Å². The zero-order chi connectivity index (χ0) is 18.8. The number of hydrogen-bond donors (Lipinski definition) is 3. The van der Waals surface area contributed by atoms with Gasteiger partial charge in [0.25, 0.3) is 0 Å². The molecule has 0 bridgehead atoms. The van der Waals surface area contributed by atoms with Gasteiger partial charge in [0.1, 0.15) is 11.0 Å². The Kier molecular flexibility index (Phi) is 6.40. The van der Waals surface area contributed by atoms with E-state index < -0.39 is 4.87 Å². The molecule has 3 N–H and O–H groups in total. The molecule has 140 valence electrons. The third kappa shape index (κ3) is 4.49. The summed E-state index contributed by atoms with van der Waals surface area (Å²) in [6.45, 7) is 15.2. The van der Waals surface area contributed by atoms with Crippen LogP contribution >= 0.6 is 12.6 Å². The maximum atomic E-state index is 12.4. The van der Waals surface area contributed by atoms with Crippen LogP contribution < -0.4 is 11.1 Å². The van der Waals surface area contributed by atoms with Gasteiger partial charge in [0, 0.05) is 24.4 Å². The Labute approximate surface area is 156 Å². The van der Waals surface area contributed by atoms with Gasteiger partial charge in [-0.1, -0.05) is 39.2 Å². The van der Waals surface area contributed by atoms with Gasteiger partial charge in [-0.2, -0.15) is 12.6 Å². The van der Waals surface area contributed by atoms with Crippen LogP contribution in [-0.4, -0.2) is 47.0 Å². The third-order valence-electron chi connectivity index (χ3n) is 4.89. The number of carbonyl (C=O) groups is 1. The number of nitrogens with zero attached hydrogens (tertiary/aromatic N) is 1. The molecule has 1 amide bonds. The van der Waals surface area contributed by atoms with Crippen LogP contribution in [-0.2, 0) is 9.53 Å². The van der Waals surface area contributed by atoms with Gasteiger partial charge in [-0.3, -0.25) is 4.79 Å². The van der Waals surface area contributed by atoms with E-state index in [-0.39, 0.29) is 24.1 Å². The molecular formula is C19H31N3O2S. The van der Waals surface area contributed by atoms with Crippen molar-refractivity contribution in [3.63, 3.8) is 0 Å². The molecule has 0 radical (unpaired) electrons. The Morgan fingerprint density at radius 1 is 1.56 bits per heavy atom. The highest BCUT2D eigenvalue weighted by atomic mass is 32.1. The molecule has 0 spiro atoms. The Hall–Kier alpha value is -1.24. The predicted molar refractivity (Wildman–Crippen MR) is 105 cm³/mol. The van der Waals surface area contributed by atoms with Crippen LogP contribution in [0.25, 0.3) is 0 Å². The van der Waals surface area contributed by atoms with E-state index in [0.717, 1.165) is 18.5 Å². The van der Waals surface area contributed by atoms with Crippen LogP contribution in [0.3, 0.4) is 0 Å². The van der Waals surface area contributed by atoms with E-state index in [1.54, 1.807) is 19.1 Å². The van der Waals surface area contributed by atoms with Crippen molar-refractivity contribution < 1.29 is 9.53 Å². The summed E-state index contributed by atoms with van der Waals surface area (Å²) in [5.74, 6) is 0.317. The van der Waals surface area contributed by atoms with E-state index >= 15 is 0 Å². The minimum absolute atomic E-state index is 0.102.